The highest BCUT2D eigenvalue weighted by molar-refractivity contribution is 7.80. The van der Waals surface area contributed by atoms with E-state index in [1.165, 1.54) is 0 Å². The predicted molar refractivity (Wildman–Crippen MR) is 66.2 cm³/mol. The molecule has 1 unspecified atom stereocenters. The van der Waals surface area contributed by atoms with Gasteiger partial charge in [-0.1, -0.05) is 11.6 Å². The molecule has 0 fully saturated rings. The fourth-order valence-corrected chi connectivity index (χ4v) is 1.96. The largest absolute Gasteiger partial charge is 0.495 e. The molecule has 0 saturated heterocycles. The van der Waals surface area contributed by atoms with Gasteiger partial charge in [0.2, 0.25) is 0 Å². The van der Waals surface area contributed by atoms with E-state index in [1.54, 1.807) is 13.2 Å². The second-order valence-electron chi connectivity index (χ2n) is 3.37. The van der Waals surface area contributed by atoms with Crippen molar-refractivity contribution in [3.05, 3.63) is 28.3 Å². The minimum Gasteiger partial charge on any atom is -0.495 e. The molecule has 1 N–H and O–H groups in total. The number of aliphatic hydroxyl groups excluding tert-OH is 1. The Morgan fingerprint density at radius 2 is 2.20 bits per heavy atom. The van der Waals surface area contributed by atoms with Gasteiger partial charge >= 0.3 is 0 Å². The van der Waals surface area contributed by atoms with Crippen molar-refractivity contribution < 1.29 is 9.84 Å². The van der Waals surface area contributed by atoms with Crippen LogP contribution in [-0.4, -0.2) is 18.0 Å². The van der Waals surface area contributed by atoms with Gasteiger partial charge in [-0.15, -0.1) is 0 Å². The third-order valence-electron chi connectivity index (χ3n) is 2.30. The second-order valence-corrected chi connectivity index (χ2v) is 4.23. The maximum absolute atomic E-state index is 9.84. The Labute approximate surface area is 101 Å². The van der Waals surface area contributed by atoms with Gasteiger partial charge in [0, 0.05) is 0 Å². The Kier molecular flexibility index (Phi) is 4.77. The third-order valence-corrected chi connectivity index (χ3v) is 2.86. The van der Waals surface area contributed by atoms with Gasteiger partial charge < -0.3 is 9.84 Å². The van der Waals surface area contributed by atoms with E-state index in [4.69, 9.17) is 16.3 Å². The monoisotopic (exact) mass is 246 g/mol. The zero-order valence-corrected chi connectivity index (χ0v) is 10.5. The molecule has 0 radical (unpaired) electrons. The normalized spacial score (nSPS) is 12.6. The second kappa shape index (κ2) is 5.64. The lowest BCUT2D eigenvalue weighted by Crippen LogP contribution is -2.01. The van der Waals surface area contributed by atoms with Crippen LogP contribution >= 0.6 is 24.2 Å². The standard InChI is InChI=1S/C11H15ClO2S/c1-7-5-11(14-2)9(12)6-8(7)10(13)3-4-15/h5-6,10,13,15H,3-4H2,1-2H3. The van der Waals surface area contributed by atoms with Crippen LogP contribution in [0.2, 0.25) is 5.02 Å². The van der Waals surface area contributed by atoms with Crippen LogP contribution < -0.4 is 4.74 Å². The molecule has 84 valence electrons. The lowest BCUT2D eigenvalue weighted by Gasteiger charge is -2.14. The molecule has 0 amide bonds. The maximum atomic E-state index is 9.84. The number of methoxy groups -OCH3 is 1. The summed E-state index contributed by atoms with van der Waals surface area (Å²) in [5.41, 5.74) is 1.82. The van der Waals surface area contributed by atoms with Crippen LogP contribution in [-0.2, 0) is 0 Å². The number of hydrogen-bond acceptors (Lipinski definition) is 3. The summed E-state index contributed by atoms with van der Waals surface area (Å²) in [6, 6.07) is 3.59. The summed E-state index contributed by atoms with van der Waals surface area (Å²) in [5.74, 6) is 1.28. The molecule has 1 aromatic rings. The Bertz CT molecular complexity index is 342. The highest BCUT2D eigenvalue weighted by Gasteiger charge is 2.12. The molecule has 15 heavy (non-hydrogen) atoms. The first-order valence-corrected chi connectivity index (χ1v) is 5.74. The Morgan fingerprint density at radius 1 is 1.53 bits per heavy atom. The first-order valence-electron chi connectivity index (χ1n) is 4.73. The first-order chi connectivity index (χ1) is 7.10. The lowest BCUT2D eigenvalue weighted by molar-refractivity contribution is 0.174. The van der Waals surface area contributed by atoms with E-state index >= 15 is 0 Å². The molecule has 0 aliphatic carbocycles. The molecule has 0 aliphatic heterocycles. The number of ether oxygens (including phenoxy) is 1. The Hall–Kier alpha value is -0.380. The van der Waals surface area contributed by atoms with Crippen molar-refractivity contribution in [3.8, 4) is 5.75 Å². The van der Waals surface area contributed by atoms with Crippen LogP contribution in [0, 0.1) is 6.92 Å². The summed E-state index contributed by atoms with van der Waals surface area (Å²) in [6.45, 7) is 1.93. The van der Waals surface area contributed by atoms with Gasteiger partial charge in [-0.05, 0) is 42.4 Å². The number of thiol groups is 1. The summed E-state index contributed by atoms with van der Waals surface area (Å²) in [5, 5.41) is 10.4. The van der Waals surface area contributed by atoms with E-state index in [0.717, 1.165) is 11.1 Å². The minimum absolute atomic E-state index is 0.508. The fourth-order valence-electron chi connectivity index (χ4n) is 1.46. The zero-order chi connectivity index (χ0) is 11.4. The Balaban J connectivity index is 3.04. The van der Waals surface area contributed by atoms with E-state index in [9.17, 15) is 5.11 Å². The summed E-state index contributed by atoms with van der Waals surface area (Å²) in [7, 11) is 1.57. The zero-order valence-electron chi connectivity index (χ0n) is 8.83. The van der Waals surface area contributed by atoms with E-state index in [-0.39, 0.29) is 0 Å². The summed E-state index contributed by atoms with van der Waals surface area (Å²) < 4.78 is 5.09. The van der Waals surface area contributed by atoms with Crippen molar-refractivity contribution in [2.75, 3.05) is 12.9 Å². The summed E-state index contributed by atoms with van der Waals surface area (Å²) in [4.78, 5) is 0. The molecule has 2 nitrogen and oxygen atoms in total. The summed E-state index contributed by atoms with van der Waals surface area (Å²) in [6.07, 6.45) is 0.109. The van der Waals surface area contributed by atoms with Crippen molar-refractivity contribution in [1.82, 2.24) is 0 Å². The molecule has 0 bridgehead atoms. The average Bonchev–Trinajstić information content (AvgIpc) is 2.21. The number of rotatable bonds is 4. The molecule has 0 saturated carbocycles. The fraction of sp³-hybridized carbons (Fsp3) is 0.455. The SMILES string of the molecule is COc1cc(C)c(C(O)CCS)cc1Cl. The minimum atomic E-state index is -0.508. The van der Waals surface area contributed by atoms with E-state index in [1.807, 2.05) is 13.0 Å². The van der Waals surface area contributed by atoms with Gasteiger partial charge in [0.15, 0.2) is 0 Å². The first kappa shape index (κ1) is 12.7. The molecule has 0 aliphatic rings. The molecule has 0 aromatic heterocycles. The van der Waals surface area contributed by atoms with Crippen molar-refractivity contribution in [2.45, 2.75) is 19.4 Å². The summed E-state index contributed by atoms with van der Waals surface area (Å²) >= 11 is 10.1. The number of hydrogen-bond donors (Lipinski definition) is 2. The van der Waals surface area contributed by atoms with Crippen LogP contribution in [0.5, 0.6) is 5.75 Å². The molecule has 4 heteroatoms. The number of aryl methyl sites for hydroxylation is 1. The van der Waals surface area contributed by atoms with Crippen molar-refractivity contribution in [2.24, 2.45) is 0 Å². The molecular formula is C11H15ClO2S. The molecule has 0 spiro atoms. The van der Waals surface area contributed by atoms with Gasteiger partial charge in [-0.3, -0.25) is 0 Å². The Morgan fingerprint density at radius 3 is 2.73 bits per heavy atom. The number of halogens is 1. The highest BCUT2D eigenvalue weighted by atomic mass is 35.5. The molecule has 1 rings (SSSR count). The van der Waals surface area contributed by atoms with Gasteiger partial charge in [0.25, 0.3) is 0 Å². The molecule has 1 atom stereocenters. The van der Waals surface area contributed by atoms with Crippen molar-refractivity contribution >= 4 is 24.2 Å². The average molecular weight is 247 g/mol. The van der Waals surface area contributed by atoms with Gasteiger partial charge in [0.05, 0.1) is 18.2 Å². The van der Waals surface area contributed by atoms with Crippen LogP contribution in [0.3, 0.4) is 0 Å². The van der Waals surface area contributed by atoms with Crippen molar-refractivity contribution in [1.29, 1.82) is 0 Å². The predicted octanol–water partition coefficient (Wildman–Crippen LogP) is 3.01. The van der Waals surface area contributed by atoms with Crippen LogP contribution in [0.1, 0.15) is 23.7 Å². The number of aliphatic hydroxyl groups is 1. The highest BCUT2D eigenvalue weighted by Crippen LogP contribution is 2.31. The molecule has 0 heterocycles. The van der Waals surface area contributed by atoms with Crippen LogP contribution in [0.25, 0.3) is 0 Å². The van der Waals surface area contributed by atoms with Gasteiger partial charge in [-0.25, -0.2) is 0 Å². The lowest BCUT2D eigenvalue weighted by atomic mass is 10.0. The number of benzene rings is 1. The van der Waals surface area contributed by atoms with Crippen LogP contribution in [0.15, 0.2) is 12.1 Å². The molecule has 1 aromatic carbocycles. The van der Waals surface area contributed by atoms with E-state index in [2.05, 4.69) is 12.6 Å². The quantitative estimate of drug-likeness (QED) is 0.800. The van der Waals surface area contributed by atoms with E-state index in [0.29, 0.717) is 22.9 Å². The van der Waals surface area contributed by atoms with Crippen LogP contribution in [0.4, 0.5) is 0 Å². The smallest absolute Gasteiger partial charge is 0.137 e. The van der Waals surface area contributed by atoms with Crippen molar-refractivity contribution in [3.63, 3.8) is 0 Å². The third kappa shape index (κ3) is 3.03. The topological polar surface area (TPSA) is 29.5 Å². The maximum Gasteiger partial charge on any atom is 0.137 e. The van der Waals surface area contributed by atoms with Gasteiger partial charge in [0.1, 0.15) is 5.75 Å². The van der Waals surface area contributed by atoms with E-state index < -0.39 is 6.10 Å². The molecular weight excluding hydrogens is 232 g/mol. The van der Waals surface area contributed by atoms with Gasteiger partial charge in [-0.2, -0.15) is 12.6 Å².